The third-order valence-electron chi connectivity index (χ3n) is 6.45. The van der Waals surface area contributed by atoms with Gasteiger partial charge in [0.1, 0.15) is 0 Å². The summed E-state index contributed by atoms with van der Waals surface area (Å²) in [4.78, 5) is 6.48. The number of halogens is 2. The standard InChI is InChI=1S/C22H38Cl2N2O2Si/c1-7-29(8-2,9-3)28-20(21-18(23)12-25-13-19(21)24)15-26(6)14-17-10-11-22(4,5)27-16-17/h12-13,17,20H,7-11,14-16H2,1-6H3. The van der Waals surface area contributed by atoms with Crippen LogP contribution in [-0.4, -0.2) is 50.5 Å². The van der Waals surface area contributed by atoms with Gasteiger partial charge >= 0.3 is 0 Å². The second kappa shape index (κ2) is 10.9. The highest BCUT2D eigenvalue weighted by Gasteiger charge is 2.35. The summed E-state index contributed by atoms with van der Waals surface area (Å²) in [6.45, 7) is 13.7. The maximum atomic E-state index is 6.90. The Balaban J connectivity index is 2.17. The summed E-state index contributed by atoms with van der Waals surface area (Å²) in [5.41, 5.74) is 0.886. The molecule has 29 heavy (non-hydrogen) atoms. The first kappa shape index (κ1) is 25.1. The van der Waals surface area contributed by atoms with Crippen LogP contribution in [-0.2, 0) is 9.16 Å². The Labute approximate surface area is 188 Å². The van der Waals surface area contributed by atoms with Crippen LogP contribution in [0.25, 0.3) is 0 Å². The zero-order valence-corrected chi connectivity index (χ0v) is 21.4. The highest BCUT2D eigenvalue weighted by Crippen LogP contribution is 2.37. The molecule has 166 valence electrons. The predicted molar refractivity (Wildman–Crippen MR) is 126 cm³/mol. The van der Waals surface area contributed by atoms with Gasteiger partial charge in [0.2, 0.25) is 0 Å². The molecule has 0 spiro atoms. The van der Waals surface area contributed by atoms with Crippen molar-refractivity contribution in [3.8, 4) is 0 Å². The molecular formula is C22H38Cl2N2O2Si. The van der Waals surface area contributed by atoms with Crippen molar-refractivity contribution in [2.75, 3.05) is 26.7 Å². The SMILES string of the molecule is CC[Si](CC)(CC)OC(CN(C)CC1CCC(C)(C)OC1)c1c(Cl)cncc1Cl. The van der Waals surface area contributed by atoms with E-state index >= 15 is 0 Å². The Morgan fingerprint density at radius 1 is 1.21 bits per heavy atom. The second-order valence-corrected chi connectivity index (χ2v) is 14.6. The lowest BCUT2D eigenvalue weighted by molar-refractivity contribution is -0.0815. The Bertz CT molecular complexity index is 617. The number of likely N-dealkylation sites (N-methyl/N-ethyl adjacent to an activating group) is 1. The molecule has 1 aliphatic heterocycles. The molecule has 0 N–H and O–H groups in total. The van der Waals surface area contributed by atoms with E-state index in [-0.39, 0.29) is 11.7 Å². The van der Waals surface area contributed by atoms with E-state index in [0.29, 0.717) is 16.0 Å². The molecule has 2 unspecified atom stereocenters. The summed E-state index contributed by atoms with van der Waals surface area (Å²) in [6.07, 6.45) is 5.49. The summed E-state index contributed by atoms with van der Waals surface area (Å²) >= 11 is 13.1. The minimum absolute atomic E-state index is 0.00733. The Morgan fingerprint density at radius 3 is 2.28 bits per heavy atom. The van der Waals surface area contributed by atoms with Crippen LogP contribution in [0, 0.1) is 5.92 Å². The minimum Gasteiger partial charge on any atom is -0.409 e. The third-order valence-corrected chi connectivity index (χ3v) is 11.7. The molecule has 0 radical (unpaired) electrons. The fourth-order valence-corrected chi connectivity index (χ4v) is 7.62. The van der Waals surface area contributed by atoms with Gasteiger partial charge in [-0.15, -0.1) is 0 Å². The molecule has 1 aromatic rings. The fraction of sp³-hybridized carbons (Fsp3) is 0.773. The first-order chi connectivity index (χ1) is 13.6. The highest BCUT2D eigenvalue weighted by atomic mass is 35.5. The van der Waals surface area contributed by atoms with Crippen molar-refractivity contribution in [1.82, 2.24) is 9.88 Å². The van der Waals surface area contributed by atoms with Crippen molar-refractivity contribution in [3.05, 3.63) is 28.0 Å². The fourth-order valence-electron chi connectivity index (χ4n) is 4.21. The maximum absolute atomic E-state index is 6.90. The lowest BCUT2D eigenvalue weighted by Gasteiger charge is -2.38. The van der Waals surface area contributed by atoms with Crippen LogP contribution in [0.1, 0.15) is 59.1 Å². The molecule has 7 heteroatoms. The third kappa shape index (κ3) is 6.91. The molecule has 2 atom stereocenters. The Kier molecular flexibility index (Phi) is 9.45. The molecule has 2 heterocycles. The number of hydrogen-bond donors (Lipinski definition) is 0. The van der Waals surface area contributed by atoms with Crippen LogP contribution in [0.4, 0.5) is 0 Å². The van der Waals surface area contributed by atoms with Gasteiger partial charge in [0.15, 0.2) is 8.32 Å². The summed E-state index contributed by atoms with van der Waals surface area (Å²) < 4.78 is 12.9. The van der Waals surface area contributed by atoms with Crippen molar-refractivity contribution in [2.24, 2.45) is 5.92 Å². The zero-order valence-electron chi connectivity index (χ0n) is 18.9. The number of ether oxygens (including phenoxy) is 1. The molecule has 0 bridgehead atoms. The van der Waals surface area contributed by atoms with Crippen molar-refractivity contribution in [3.63, 3.8) is 0 Å². The molecule has 0 aliphatic carbocycles. The normalized spacial score (nSPS) is 20.8. The van der Waals surface area contributed by atoms with E-state index in [4.69, 9.17) is 32.4 Å². The average molecular weight is 462 g/mol. The van der Waals surface area contributed by atoms with Crippen molar-refractivity contribution >= 4 is 31.5 Å². The number of nitrogens with zero attached hydrogens (tertiary/aromatic N) is 2. The van der Waals surface area contributed by atoms with Gasteiger partial charge in [-0.3, -0.25) is 4.98 Å². The zero-order chi connectivity index (χ0) is 21.7. The summed E-state index contributed by atoms with van der Waals surface area (Å²) in [6, 6.07) is 3.27. The molecule has 2 rings (SSSR count). The lowest BCUT2D eigenvalue weighted by atomic mass is 9.91. The van der Waals surface area contributed by atoms with E-state index < -0.39 is 8.32 Å². The Hall–Kier alpha value is -0.173. The smallest absolute Gasteiger partial charge is 0.192 e. The van der Waals surface area contributed by atoms with Crippen molar-refractivity contribution in [1.29, 1.82) is 0 Å². The van der Waals surface area contributed by atoms with Gasteiger partial charge < -0.3 is 14.1 Å². The molecule has 1 aromatic heterocycles. The van der Waals surface area contributed by atoms with Crippen molar-refractivity contribution in [2.45, 2.75) is 77.3 Å². The largest absolute Gasteiger partial charge is 0.409 e. The van der Waals surface area contributed by atoms with Gasteiger partial charge in [-0.2, -0.15) is 0 Å². The van der Waals surface area contributed by atoms with Crippen LogP contribution in [0.3, 0.4) is 0 Å². The molecule has 4 nitrogen and oxygen atoms in total. The first-order valence-electron chi connectivity index (χ1n) is 10.9. The topological polar surface area (TPSA) is 34.6 Å². The molecular weight excluding hydrogens is 423 g/mol. The average Bonchev–Trinajstić information content (AvgIpc) is 2.67. The van der Waals surface area contributed by atoms with E-state index in [9.17, 15) is 0 Å². The van der Waals surface area contributed by atoms with Gasteiger partial charge in [-0.05, 0) is 57.8 Å². The second-order valence-electron chi connectivity index (χ2n) is 9.06. The minimum atomic E-state index is -1.84. The van der Waals surface area contributed by atoms with E-state index in [1.54, 1.807) is 12.4 Å². The van der Waals surface area contributed by atoms with Crippen LogP contribution in [0.15, 0.2) is 12.4 Å². The van der Waals surface area contributed by atoms with Crippen LogP contribution < -0.4 is 0 Å². The van der Waals surface area contributed by atoms with Crippen LogP contribution >= 0.6 is 23.2 Å². The van der Waals surface area contributed by atoms with Crippen LogP contribution in [0.2, 0.25) is 28.2 Å². The Morgan fingerprint density at radius 2 is 1.79 bits per heavy atom. The summed E-state index contributed by atoms with van der Waals surface area (Å²) in [7, 11) is 0.323. The molecule has 1 saturated heterocycles. The number of hydrogen-bond acceptors (Lipinski definition) is 4. The number of rotatable bonds is 10. The van der Waals surface area contributed by atoms with E-state index in [1.165, 1.54) is 6.42 Å². The van der Waals surface area contributed by atoms with Gasteiger partial charge in [-0.25, -0.2) is 0 Å². The monoisotopic (exact) mass is 460 g/mol. The molecule has 0 aromatic carbocycles. The summed E-state index contributed by atoms with van der Waals surface area (Å²) in [5.74, 6) is 0.544. The van der Waals surface area contributed by atoms with E-state index in [1.807, 2.05) is 0 Å². The first-order valence-corrected chi connectivity index (χ1v) is 14.2. The number of aromatic nitrogens is 1. The van der Waals surface area contributed by atoms with Gasteiger partial charge in [0.25, 0.3) is 0 Å². The molecule has 0 amide bonds. The highest BCUT2D eigenvalue weighted by molar-refractivity contribution is 6.73. The van der Waals surface area contributed by atoms with Gasteiger partial charge in [-0.1, -0.05) is 44.0 Å². The van der Waals surface area contributed by atoms with Crippen molar-refractivity contribution < 1.29 is 9.16 Å². The summed E-state index contributed by atoms with van der Waals surface area (Å²) in [5, 5.41) is 1.18. The van der Waals surface area contributed by atoms with E-state index in [0.717, 1.165) is 49.8 Å². The molecule has 1 aliphatic rings. The lowest BCUT2D eigenvalue weighted by Crippen LogP contribution is -2.42. The van der Waals surface area contributed by atoms with Gasteiger partial charge in [0.05, 0.1) is 28.4 Å². The maximum Gasteiger partial charge on any atom is 0.192 e. The molecule has 0 saturated carbocycles. The van der Waals surface area contributed by atoms with Crippen LogP contribution in [0.5, 0.6) is 0 Å². The molecule has 1 fully saturated rings. The quantitative estimate of drug-likeness (QED) is 0.368. The predicted octanol–water partition coefficient (Wildman–Crippen LogP) is 6.59. The van der Waals surface area contributed by atoms with Gasteiger partial charge in [0, 0.05) is 31.0 Å². The number of pyridine rings is 1. The van der Waals surface area contributed by atoms with E-state index in [2.05, 4.69) is 51.6 Å².